The third kappa shape index (κ3) is 3.96. The van der Waals surface area contributed by atoms with Crippen molar-refractivity contribution in [2.24, 2.45) is 5.92 Å². The number of rotatable bonds is 4. The lowest BCUT2D eigenvalue weighted by atomic mass is 10.0. The van der Waals surface area contributed by atoms with E-state index in [9.17, 15) is 14.7 Å². The van der Waals surface area contributed by atoms with E-state index in [1.54, 1.807) is 34.6 Å². The summed E-state index contributed by atoms with van der Waals surface area (Å²) in [6, 6.07) is -1.02. The Morgan fingerprint density at radius 2 is 1.67 bits per heavy atom. The average Bonchev–Trinajstić information content (AvgIpc) is 2.13. The molecule has 0 rings (SSSR count). The Bertz CT molecular complexity index is 321. The second-order valence-electron chi connectivity index (χ2n) is 5.68. The Hall–Kier alpha value is -1.14. The van der Waals surface area contributed by atoms with Gasteiger partial charge in [0.25, 0.3) is 0 Å². The minimum absolute atomic E-state index is 0.278. The number of amides is 1. The van der Waals surface area contributed by atoms with Gasteiger partial charge < -0.3 is 9.84 Å². The molecule has 1 amide bonds. The van der Waals surface area contributed by atoms with Crippen molar-refractivity contribution >= 4 is 12.1 Å². The third-order valence-corrected chi connectivity index (χ3v) is 2.55. The molecule has 18 heavy (non-hydrogen) atoms. The number of hydroxylamine groups is 3. The predicted molar refractivity (Wildman–Crippen MR) is 65.7 cm³/mol. The fraction of sp³-hybridized carbons (Fsp3) is 0.833. The molecule has 0 aliphatic rings. The van der Waals surface area contributed by atoms with E-state index < -0.39 is 28.4 Å². The molecule has 2 atom stereocenters. The van der Waals surface area contributed by atoms with E-state index in [0.29, 0.717) is 0 Å². The van der Waals surface area contributed by atoms with Crippen LogP contribution in [0.25, 0.3) is 0 Å². The van der Waals surface area contributed by atoms with E-state index >= 15 is 0 Å². The first kappa shape index (κ1) is 16.9. The second-order valence-corrected chi connectivity index (χ2v) is 5.68. The first-order valence-corrected chi connectivity index (χ1v) is 5.84. The van der Waals surface area contributed by atoms with Gasteiger partial charge in [-0.15, -0.1) is 0 Å². The topological polar surface area (TPSA) is 72.8 Å². The van der Waals surface area contributed by atoms with Crippen LogP contribution in [0.15, 0.2) is 0 Å². The summed E-state index contributed by atoms with van der Waals surface area (Å²) in [6.45, 7) is 8.60. The largest absolute Gasteiger partial charge is 0.550 e. The molecule has 0 saturated heterocycles. The van der Waals surface area contributed by atoms with Gasteiger partial charge in [0.15, 0.2) is 0 Å². The number of carboxylic acid groups (broad SMARTS) is 1. The van der Waals surface area contributed by atoms with Gasteiger partial charge >= 0.3 is 12.1 Å². The molecule has 0 aliphatic carbocycles. The summed E-state index contributed by atoms with van der Waals surface area (Å²) in [6.07, 6.45) is -0.717. The van der Waals surface area contributed by atoms with Crippen LogP contribution in [-0.2, 0) is 14.4 Å². The number of quaternary nitrogens is 1. The lowest BCUT2D eigenvalue weighted by Gasteiger charge is -2.35. The van der Waals surface area contributed by atoms with E-state index in [4.69, 9.17) is 9.57 Å². The molecular weight excluding hydrogens is 238 g/mol. The Morgan fingerprint density at radius 3 is 1.89 bits per heavy atom. The van der Waals surface area contributed by atoms with Gasteiger partial charge in [0.05, 0.1) is 7.11 Å². The Kier molecular flexibility index (Phi) is 5.31. The lowest BCUT2D eigenvalue weighted by Crippen LogP contribution is -2.61. The zero-order valence-electron chi connectivity index (χ0n) is 12.2. The van der Waals surface area contributed by atoms with Crippen LogP contribution in [0.4, 0.5) is 4.79 Å². The Labute approximate surface area is 108 Å². The molecule has 0 radical (unpaired) electrons. The summed E-state index contributed by atoms with van der Waals surface area (Å²) in [5.41, 5.74) is -0.699. The van der Waals surface area contributed by atoms with Gasteiger partial charge in [-0.3, -0.25) is 0 Å². The zero-order valence-corrected chi connectivity index (χ0v) is 12.2. The highest BCUT2D eigenvalue weighted by Crippen LogP contribution is 2.23. The molecule has 106 valence electrons. The monoisotopic (exact) mass is 262 g/mol. The summed E-state index contributed by atoms with van der Waals surface area (Å²) in [4.78, 5) is 28.5. The highest BCUT2D eigenvalue weighted by Gasteiger charge is 2.51. The van der Waals surface area contributed by atoms with E-state index in [2.05, 4.69) is 0 Å². The summed E-state index contributed by atoms with van der Waals surface area (Å²) < 4.78 is 4.47. The maximum Gasteiger partial charge on any atom is 0.550 e. The van der Waals surface area contributed by atoms with E-state index in [0.717, 1.165) is 0 Å². The normalized spacial score (nSPS) is 17.1. The van der Waals surface area contributed by atoms with Gasteiger partial charge in [-0.1, -0.05) is 18.5 Å². The van der Waals surface area contributed by atoms with Gasteiger partial charge in [-0.2, -0.15) is 9.63 Å². The van der Waals surface area contributed by atoms with Crippen LogP contribution in [0, 0.1) is 5.92 Å². The van der Waals surface area contributed by atoms with Crippen LogP contribution in [0.1, 0.15) is 34.6 Å². The number of aliphatic carboxylic acids is 1. The van der Waals surface area contributed by atoms with Crippen molar-refractivity contribution in [3.05, 3.63) is 0 Å². The zero-order chi connectivity index (χ0) is 14.7. The first-order chi connectivity index (χ1) is 7.95. The molecule has 0 fully saturated rings. The van der Waals surface area contributed by atoms with E-state index in [1.165, 1.54) is 14.2 Å². The number of carbonyl (C=O) groups is 2. The second kappa shape index (κ2) is 5.67. The summed E-state index contributed by atoms with van der Waals surface area (Å²) in [7, 11) is 2.69. The Balaban J connectivity index is 5.33. The van der Waals surface area contributed by atoms with Crippen molar-refractivity contribution in [2.45, 2.75) is 46.3 Å². The van der Waals surface area contributed by atoms with Gasteiger partial charge in [0, 0.05) is 5.92 Å². The highest BCUT2D eigenvalue weighted by atomic mass is 16.8. The quantitative estimate of drug-likeness (QED) is 0.620. The maximum absolute atomic E-state index is 12.1. The van der Waals surface area contributed by atoms with Crippen molar-refractivity contribution in [1.82, 2.24) is 0 Å². The lowest BCUT2D eigenvalue weighted by molar-refractivity contribution is -1.04. The van der Waals surface area contributed by atoms with Crippen LogP contribution in [0.5, 0.6) is 0 Å². The summed E-state index contributed by atoms with van der Waals surface area (Å²) in [5.74, 6) is -1.37. The van der Waals surface area contributed by atoms with Gasteiger partial charge in [-0.25, -0.2) is 4.79 Å². The molecule has 1 unspecified atom stereocenters. The number of nitrogens with zero attached hydrogens (tertiary/aromatic N) is 1. The molecule has 0 saturated carbocycles. The van der Waals surface area contributed by atoms with Crippen LogP contribution in [0.2, 0.25) is 0 Å². The molecular formula is C12H24NO5+. The van der Waals surface area contributed by atoms with Crippen LogP contribution >= 0.6 is 0 Å². The molecule has 0 aromatic heterocycles. The summed E-state index contributed by atoms with van der Waals surface area (Å²) >= 11 is 0. The molecule has 0 aromatic rings. The van der Waals surface area contributed by atoms with Gasteiger partial charge in [0.1, 0.15) is 12.6 Å². The molecule has 0 heterocycles. The predicted octanol–water partition coefficient (Wildman–Crippen LogP) is 2.04. The van der Waals surface area contributed by atoms with Crippen molar-refractivity contribution in [3.63, 3.8) is 0 Å². The number of hydrogen-bond donors (Lipinski definition) is 1. The average molecular weight is 262 g/mol. The third-order valence-electron chi connectivity index (χ3n) is 2.55. The number of hydrogen-bond acceptors (Lipinski definition) is 4. The molecule has 0 aliphatic heterocycles. The summed E-state index contributed by atoms with van der Waals surface area (Å²) in [5, 5.41) is 9.25. The standard InChI is InChI=1S/C12H23NO5/c1-8(2)9(10(14)15)13(6,17-7)11(16)18-12(3,4)5/h8-9H,1-7H3/p+1/t9-,13?/m1/s1. The van der Waals surface area contributed by atoms with Crippen LogP contribution in [-0.4, -0.2) is 47.6 Å². The molecule has 6 heteroatoms. The van der Waals surface area contributed by atoms with Crippen molar-refractivity contribution in [1.29, 1.82) is 0 Å². The van der Waals surface area contributed by atoms with E-state index in [-0.39, 0.29) is 5.92 Å². The minimum atomic E-state index is -1.10. The van der Waals surface area contributed by atoms with Crippen molar-refractivity contribution < 1.29 is 28.9 Å². The smallest absolute Gasteiger partial charge is 0.477 e. The van der Waals surface area contributed by atoms with Crippen LogP contribution < -0.4 is 0 Å². The number of carbonyl (C=O) groups excluding carboxylic acids is 1. The fourth-order valence-electron chi connectivity index (χ4n) is 1.72. The fourth-order valence-corrected chi connectivity index (χ4v) is 1.72. The van der Waals surface area contributed by atoms with Crippen molar-refractivity contribution in [3.8, 4) is 0 Å². The number of carboxylic acids is 1. The first-order valence-electron chi connectivity index (χ1n) is 5.84. The molecule has 6 nitrogen and oxygen atoms in total. The molecule has 1 N–H and O–H groups in total. The van der Waals surface area contributed by atoms with Gasteiger partial charge in [-0.05, 0) is 20.8 Å². The Morgan fingerprint density at radius 1 is 1.22 bits per heavy atom. The highest BCUT2D eigenvalue weighted by molar-refractivity contribution is 5.75. The van der Waals surface area contributed by atoms with Gasteiger partial charge in [0.2, 0.25) is 6.04 Å². The molecule has 0 bridgehead atoms. The van der Waals surface area contributed by atoms with Crippen molar-refractivity contribution in [2.75, 3.05) is 14.2 Å². The molecule has 0 aromatic carbocycles. The molecule has 0 spiro atoms. The van der Waals surface area contributed by atoms with E-state index in [1.807, 2.05) is 0 Å². The minimum Gasteiger partial charge on any atom is -0.477 e. The number of ether oxygens (including phenoxy) is 1. The SMILES string of the molecule is CO[N+](C)(C(=O)OC(C)(C)C)[C@@H](C(=O)O)C(C)C. The maximum atomic E-state index is 12.1. The number of likely N-dealkylation sites (N-methyl/N-ethyl adjacent to an activating group) is 1. The van der Waals surface area contributed by atoms with Crippen LogP contribution in [0.3, 0.4) is 0 Å².